The lowest BCUT2D eigenvalue weighted by Gasteiger charge is -2.27. The Labute approximate surface area is 105 Å². The first-order chi connectivity index (χ1) is 8.33. The van der Waals surface area contributed by atoms with E-state index < -0.39 is 0 Å². The van der Waals surface area contributed by atoms with E-state index in [2.05, 4.69) is 17.4 Å². The monoisotopic (exact) mass is 245 g/mol. The summed E-state index contributed by atoms with van der Waals surface area (Å²) in [6.45, 7) is 0.622. The van der Waals surface area contributed by atoms with E-state index in [9.17, 15) is 0 Å². The van der Waals surface area contributed by atoms with E-state index in [1.54, 1.807) is 0 Å². The summed E-state index contributed by atoms with van der Waals surface area (Å²) in [6.07, 6.45) is 0. The number of anilines is 1. The molecule has 0 bridgehead atoms. The minimum atomic E-state index is 0.199. The molecule has 0 aromatic heterocycles. The minimum absolute atomic E-state index is 0.199. The molecule has 0 spiro atoms. The van der Waals surface area contributed by atoms with Crippen LogP contribution in [0.4, 0.5) is 5.69 Å². The van der Waals surface area contributed by atoms with Crippen molar-refractivity contribution in [3.8, 4) is 5.75 Å². The molecule has 0 amide bonds. The fourth-order valence-corrected chi connectivity index (χ4v) is 2.16. The summed E-state index contributed by atoms with van der Waals surface area (Å²) in [5, 5.41) is 4.15. The molecule has 1 heterocycles. The molecule has 0 saturated carbocycles. The molecule has 2 aromatic rings. The average molecular weight is 246 g/mol. The van der Waals surface area contributed by atoms with Gasteiger partial charge in [0.05, 0.1) is 11.7 Å². The summed E-state index contributed by atoms with van der Waals surface area (Å²) >= 11 is 5.92. The van der Waals surface area contributed by atoms with Crippen LogP contribution in [0.15, 0.2) is 48.5 Å². The fourth-order valence-electron chi connectivity index (χ4n) is 2.00. The highest BCUT2D eigenvalue weighted by molar-refractivity contribution is 6.30. The van der Waals surface area contributed by atoms with Crippen LogP contribution in [0.2, 0.25) is 5.02 Å². The zero-order chi connectivity index (χ0) is 11.7. The van der Waals surface area contributed by atoms with E-state index in [-0.39, 0.29) is 6.04 Å². The zero-order valence-electron chi connectivity index (χ0n) is 9.19. The molecule has 0 aliphatic carbocycles. The van der Waals surface area contributed by atoms with Gasteiger partial charge >= 0.3 is 0 Å². The van der Waals surface area contributed by atoms with Gasteiger partial charge in [-0.3, -0.25) is 0 Å². The minimum Gasteiger partial charge on any atom is -0.489 e. The number of hydrogen-bond acceptors (Lipinski definition) is 2. The van der Waals surface area contributed by atoms with Crippen LogP contribution in [0.25, 0.3) is 0 Å². The van der Waals surface area contributed by atoms with E-state index in [4.69, 9.17) is 16.3 Å². The van der Waals surface area contributed by atoms with Gasteiger partial charge in [0.25, 0.3) is 0 Å². The smallest absolute Gasteiger partial charge is 0.144 e. The van der Waals surface area contributed by atoms with Crippen molar-refractivity contribution in [2.24, 2.45) is 0 Å². The van der Waals surface area contributed by atoms with E-state index in [1.807, 2.05) is 36.4 Å². The highest BCUT2D eigenvalue weighted by Crippen LogP contribution is 2.35. The highest BCUT2D eigenvalue weighted by atomic mass is 35.5. The number of halogens is 1. The fraction of sp³-hybridized carbons (Fsp3) is 0.143. The van der Waals surface area contributed by atoms with Crippen molar-refractivity contribution in [3.05, 3.63) is 59.1 Å². The van der Waals surface area contributed by atoms with Crippen LogP contribution in [0, 0.1) is 0 Å². The van der Waals surface area contributed by atoms with Gasteiger partial charge in [-0.15, -0.1) is 0 Å². The molecule has 0 radical (unpaired) electrons. The van der Waals surface area contributed by atoms with Crippen molar-refractivity contribution >= 4 is 17.3 Å². The normalized spacial score (nSPS) is 17.8. The van der Waals surface area contributed by atoms with E-state index in [1.165, 1.54) is 5.56 Å². The van der Waals surface area contributed by atoms with Crippen molar-refractivity contribution in [2.75, 3.05) is 11.9 Å². The van der Waals surface area contributed by atoms with Crippen molar-refractivity contribution < 1.29 is 4.74 Å². The van der Waals surface area contributed by atoms with Crippen LogP contribution in [0.1, 0.15) is 11.6 Å². The topological polar surface area (TPSA) is 21.3 Å². The zero-order valence-corrected chi connectivity index (χ0v) is 9.95. The molecule has 3 rings (SSSR count). The maximum Gasteiger partial charge on any atom is 0.144 e. The lowest BCUT2D eigenvalue weighted by atomic mass is 10.1. The summed E-state index contributed by atoms with van der Waals surface area (Å²) in [5.74, 6) is 0.824. The number of benzene rings is 2. The van der Waals surface area contributed by atoms with Gasteiger partial charge in [-0.05, 0) is 17.7 Å². The Morgan fingerprint density at radius 2 is 1.94 bits per heavy atom. The first-order valence-corrected chi connectivity index (χ1v) is 5.94. The summed E-state index contributed by atoms with van der Waals surface area (Å²) in [5.41, 5.74) is 2.22. The Kier molecular flexibility index (Phi) is 2.65. The van der Waals surface area contributed by atoms with Crippen molar-refractivity contribution in [2.45, 2.75) is 6.04 Å². The van der Waals surface area contributed by atoms with Gasteiger partial charge in [0.15, 0.2) is 0 Å². The summed E-state index contributed by atoms with van der Waals surface area (Å²) in [7, 11) is 0. The summed E-state index contributed by atoms with van der Waals surface area (Å²) in [4.78, 5) is 0. The summed E-state index contributed by atoms with van der Waals surface area (Å²) < 4.78 is 5.72. The first kappa shape index (κ1) is 10.5. The third-order valence-corrected chi connectivity index (χ3v) is 3.12. The largest absolute Gasteiger partial charge is 0.489 e. The number of fused-ring (bicyclic) bond motifs is 1. The van der Waals surface area contributed by atoms with Crippen LogP contribution >= 0.6 is 11.6 Å². The molecule has 1 N–H and O–H groups in total. The molecule has 0 fully saturated rings. The molecule has 2 aromatic carbocycles. The van der Waals surface area contributed by atoms with Crippen LogP contribution in [0.5, 0.6) is 5.75 Å². The number of rotatable bonds is 1. The quantitative estimate of drug-likeness (QED) is 0.823. The molecule has 3 heteroatoms. The van der Waals surface area contributed by atoms with Gasteiger partial charge in [0.1, 0.15) is 12.4 Å². The molecule has 0 saturated heterocycles. The van der Waals surface area contributed by atoms with E-state index >= 15 is 0 Å². The van der Waals surface area contributed by atoms with Crippen molar-refractivity contribution in [1.82, 2.24) is 0 Å². The van der Waals surface area contributed by atoms with Crippen molar-refractivity contribution in [1.29, 1.82) is 0 Å². The second-order valence-electron chi connectivity index (χ2n) is 4.06. The van der Waals surface area contributed by atoms with Crippen LogP contribution in [-0.2, 0) is 0 Å². The molecule has 2 nitrogen and oxygen atoms in total. The Bertz CT molecular complexity index is 527. The second-order valence-corrected chi connectivity index (χ2v) is 4.50. The molecule has 86 valence electrons. The molecule has 0 unspecified atom stereocenters. The molecular weight excluding hydrogens is 234 g/mol. The lowest BCUT2D eigenvalue weighted by molar-refractivity contribution is 0.286. The van der Waals surface area contributed by atoms with Gasteiger partial charge in [0, 0.05) is 11.1 Å². The Morgan fingerprint density at radius 3 is 2.76 bits per heavy atom. The maximum atomic E-state index is 5.92. The van der Waals surface area contributed by atoms with E-state index in [0.717, 1.165) is 11.4 Å². The summed E-state index contributed by atoms with van der Waals surface area (Å²) in [6, 6.07) is 16.1. The lowest BCUT2D eigenvalue weighted by Crippen LogP contribution is -2.23. The first-order valence-electron chi connectivity index (χ1n) is 5.57. The van der Waals surface area contributed by atoms with Gasteiger partial charge in [-0.2, -0.15) is 0 Å². The van der Waals surface area contributed by atoms with Gasteiger partial charge < -0.3 is 10.1 Å². The third kappa shape index (κ3) is 2.08. The third-order valence-electron chi connectivity index (χ3n) is 2.88. The molecular formula is C14H12ClNO. The van der Waals surface area contributed by atoms with Gasteiger partial charge in [-0.25, -0.2) is 0 Å². The molecule has 1 aliphatic heterocycles. The van der Waals surface area contributed by atoms with Crippen LogP contribution in [-0.4, -0.2) is 6.61 Å². The van der Waals surface area contributed by atoms with Crippen molar-refractivity contribution in [3.63, 3.8) is 0 Å². The van der Waals surface area contributed by atoms with Crippen LogP contribution in [0.3, 0.4) is 0 Å². The Morgan fingerprint density at radius 1 is 1.12 bits per heavy atom. The second kappa shape index (κ2) is 4.30. The predicted octanol–water partition coefficient (Wildman–Crippen LogP) is 3.89. The molecule has 1 atom stereocenters. The van der Waals surface area contributed by atoms with Gasteiger partial charge in [0.2, 0.25) is 0 Å². The number of ether oxygens (including phenoxy) is 1. The van der Waals surface area contributed by atoms with E-state index in [0.29, 0.717) is 11.6 Å². The SMILES string of the molecule is Clc1ccc2c(c1)OC[C@@H](c1ccccc1)N2. The Balaban J connectivity index is 1.88. The molecule has 17 heavy (non-hydrogen) atoms. The maximum absolute atomic E-state index is 5.92. The predicted molar refractivity (Wildman–Crippen MR) is 69.8 cm³/mol. The molecule has 1 aliphatic rings. The van der Waals surface area contributed by atoms with Gasteiger partial charge in [-0.1, -0.05) is 41.9 Å². The van der Waals surface area contributed by atoms with Crippen LogP contribution < -0.4 is 10.1 Å². The number of hydrogen-bond donors (Lipinski definition) is 1. The number of nitrogens with one attached hydrogen (secondary N) is 1. The standard InChI is InChI=1S/C14H12ClNO/c15-11-6-7-12-14(8-11)17-9-13(16-12)10-4-2-1-3-5-10/h1-8,13,16H,9H2/t13-/m0/s1. The average Bonchev–Trinajstić information content (AvgIpc) is 2.39. The highest BCUT2D eigenvalue weighted by Gasteiger charge is 2.19. The Hall–Kier alpha value is -1.67.